The highest BCUT2D eigenvalue weighted by Gasteiger charge is 2.53. The first-order chi connectivity index (χ1) is 11.7. The fourth-order valence-electron chi connectivity index (χ4n) is 3.58. The third kappa shape index (κ3) is 3.33. The smallest absolute Gasteiger partial charge is 0.310 e. The summed E-state index contributed by atoms with van der Waals surface area (Å²) in [5.74, 6) is -2.75. The number of aliphatic carboxylic acids is 1. The molecule has 2 aliphatic rings. The van der Waals surface area contributed by atoms with Crippen LogP contribution in [0.5, 0.6) is 0 Å². The number of amides is 1. The Kier molecular flexibility index (Phi) is 4.45. The summed E-state index contributed by atoms with van der Waals surface area (Å²) < 4.78 is 5.57. The quantitative estimate of drug-likeness (QED) is 0.824. The van der Waals surface area contributed by atoms with Crippen molar-refractivity contribution >= 4 is 11.9 Å². The Morgan fingerprint density at radius 1 is 1.08 bits per heavy atom. The molecule has 1 amide bonds. The predicted molar refractivity (Wildman–Crippen MR) is 94.1 cm³/mol. The maximum absolute atomic E-state index is 12.7. The van der Waals surface area contributed by atoms with Gasteiger partial charge in [0.1, 0.15) is 5.92 Å². The normalized spacial score (nSPS) is 28.8. The van der Waals surface area contributed by atoms with Crippen molar-refractivity contribution < 1.29 is 19.4 Å². The van der Waals surface area contributed by atoms with E-state index in [0.717, 1.165) is 5.56 Å². The van der Waals surface area contributed by atoms with Crippen LogP contribution in [-0.2, 0) is 19.7 Å². The first kappa shape index (κ1) is 17.7. The molecule has 0 spiro atoms. The minimum atomic E-state index is -0.987. The van der Waals surface area contributed by atoms with Crippen molar-refractivity contribution in [2.24, 2.45) is 11.8 Å². The predicted octanol–water partition coefficient (Wildman–Crippen LogP) is 2.82. The molecule has 0 aromatic heterocycles. The number of rotatable bonds is 4. The molecule has 2 N–H and O–H groups in total. The molecular weight excluding hydrogens is 318 g/mol. The molecule has 0 unspecified atom stereocenters. The van der Waals surface area contributed by atoms with E-state index < -0.39 is 30.0 Å². The van der Waals surface area contributed by atoms with Crippen molar-refractivity contribution in [2.75, 3.05) is 0 Å². The van der Waals surface area contributed by atoms with Crippen LogP contribution in [0.1, 0.15) is 44.9 Å². The molecular formula is C20H25NO4. The Balaban J connectivity index is 1.70. The zero-order valence-corrected chi connectivity index (χ0v) is 15.0. The van der Waals surface area contributed by atoms with E-state index in [2.05, 4.69) is 38.2 Å². The summed E-state index contributed by atoms with van der Waals surface area (Å²) >= 11 is 0. The summed E-state index contributed by atoms with van der Waals surface area (Å²) in [5, 5.41) is 12.4. The number of fused-ring (bicyclic) bond motifs is 2. The second-order valence-corrected chi connectivity index (χ2v) is 7.94. The van der Waals surface area contributed by atoms with Crippen LogP contribution in [0.2, 0.25) is 0 Å². The van der Waals surface area contributed by atoms with Gasteiger partial charge in [-0.15, -0.1) is 0 Å². The minimum Gasteiger partial charge on any atom is -0.481 e. The van der Waals surface area contributed by atoms with Gasteiger partial charge in [0, 0.05) is 0 Å². The van der Waals surface area contributed by atoms with Crippen LogP contribution in [-0.4, -0.2) is 29.2 Å². The summed E-state index contributed by atoms with van der Waals surface area (Å²) in [6, 6.07) is 7.97. The lowest BCUT2D eigenvalue weighted by atomic mass is 9.82. The molecule has 5 atom stereocenters. The number of carbonyl (C=O) groups excluding carboxylic acids is 1. The van der Waals surface area contributed by atoms with Crippen LogP contribution in [0.25, 0.3) is 0 Å². The van der Waals surface area contributed by atoms with E-state index in [0.29, 0.717) is 0 Å². The molecule has 1 fully saturated rings. The van der Waals surface area contributed by atoms with Gasteiger partial charge in [-0.3, -0.25) is 9.59 Å². The second kappa shape index (κ2) is 6.30. The van der Waals surface area contributed by atoms with E-state index in [4.69, 9.17) is 4.74 Å². The molecule has 1 aromatic rings. The van der Waals surface area contributed by atoms with Gasteiger partial charge in [0.15, 0.2) is 0 Å². The molecule has 5 nitrogen and oxygen atoms in total. The molecule has 1 saturated heterocycles. The van der Waals surface area contributed by atoms with Gasteiger partial charge in [-0.1, -0.05) is 57.2 Å². The molecule has 0 aliphatic carbocycles. The topological polar surface area (TPSA) is 75.6 Å². The Labute approximate surface area is 148 Å². The average Bonchev–Trinajstić information content (AvgIpc) is 3.14. The van der Waals surface area contributed by atoms with Gasteiger partial charge in [-0.05, 0) is 23.5 Å². The van der Waals surface area contributed by atoms with Crippen LogP contribution < -0.4 is 5.32 Å². The molecule has 134 valence electrons. The van der Waals surface area contributed by atoms with Crippen LogP contribution >= 0.6 is 0 Å². The van der Waals surface area contributed by atoms with Crippen molar-refractivity contribution in [3.05, 3.63) is 47.5 Å². The standard InChI is InChI=1S/C20H25NO4/c1-11(12-5-7-13(8-6-12)20(2,3)4)21-18(22)16-14-9-10-15(25-14)17(16)19(23)24/h5-11,14-17H,1-4H3,(H,21,22)(H,23,24)/t11-,14+,15-,16-,17+/m1/s1. The first-order valence-corrected chi connectivity index (χ1v) is 8.66. The molecule has 2 heterocycles. The Morgan fingerprint density at radius 2 is 1.64 bits per heavy atom. The third-order valence-electron chi connectivity index (χ3n) is 5.12. The monoisotopic (exact) mass is 343 g/mol. The van der Waals surface area contributed by atoms with Crippen molar-refractivity contribution in [1.29, 1.82) is 0 Å². The summed E-state index contributed by atoms with van der Waals surface area (Å²) in [6.45, 7) is 8.37. The highest BCUT2D eigenvalue weighted by molar-refractivity contribution is 5.87. The highest BCUT2D eigenvalue weighted by atomic mass is 16.5. The summed E-state index contributed by atoms with van der Waals surface area (Å²) in [6.07, 6.45) is 2.58. The molecule has 0 radical (unpaired) electrons. The van der Waals surface area contributed by atoms with Gasteiger partial charge in [-0.2, -0.15) is 0 Å². The summed E-state index contributed by atoms with van der Waals surface area (Å²) in [7, 11) is 0. The zero-order valence-electron chi connectivity index (χ0n) is 15.0. The lowest BCUT2D eigenvalue weighted by Gasteiger charge is -2.24. The molecule has 1 aromatic carbocycles. The van der Waals surface area contributed by atoms with Gasteiger partial charge in [0.2, 0.25) is 5.91 Å². The number of hydrogen-bond donors (Lipinski definition) is 2. The fourth-order valence-corrected chi connectivity index (χ4v) is 3.58. The third-order valence-corrected chi connectivity index (χ3v) is 5.12. The largest absolute Gasteiger partial charge is 0.481 e. The molecule has 3 rings (SSSR count). The van der Waals surface area contributed by atoms with Gasteiger partial charge >= 0.3 is 5.97 Å². The first-order valence-electron chi connectivity index (χ1n) is 8.66. The maximum Gasteiger partial charge on any atom is 0.310 e. The summed E-state index contributed by atoms with van der Waals surface area (Å²) in [5.41, 5.74) is 2.30. The Morgan fingerprint density at radius 3 is 2.16 bits per heavy atom. The average molecular weight is 343 g/mol. The van der Waals surface area contributed by atoms with Crippen LogP contribution in [0.3, 0.4) is 0 Å². The van der Waals surface area contributed by atoms with Gasteiger partial charge < -0.3 is 15.2 Å². The van der Waals surface area contributed by atoms with E-state index in [1.165, 1.54) is 5.56 Å². The van der Waals surface area contributed by atoms with Crippen molar-refractivity contribution in [3.8, 4) is 0 Å². The maximum atomic E-state index is 12.7. The van der Waals surface area contributed by atoms with Crippen LogP contribution in [0.4, 0.5) is 0 Å². The lowest BCUT2D eigenvalue weighted by Crippen LogP contribution is -2.43. The summed E-state index contributed by atoms with van der Waals surface area (Å²) in [4.78, 5) is 24.2. The van der Waals surface area contributed by atoms with Crippen LogP contribution in [0.15, 0.2) is 36.4 Å². The molecule has 2 aliphatic heterocycles. The fraction of sp³-hybridized carbons (Fsp3) is 0.500. The highest BCUT2D eigenvalue weighted by Crippen LogP contribution is 2.39. The number of hydrogen-bond acceptors (Lipinski definition) is 3. The molecule has 2 bridgehead atoms. The van der Waals surface area contributed by atoms with Gasteiger partial charge in [0.25, 0.3) is 0 Å². The lowest BCUT2D eigenvalue weighted by molar-refractivity contribution is -0.146. The molecule has 25 heavy (non-hydrogen) atoms. The van der Waals surface area contributed by atoms with E-state index in [1.807, 2.05) is 19.1 Å². The number of carboxylic acid groups (broad SMARTS) is 1. The van der Waals surface area contributed by atoms with E-state index >= 15 is 0 Å². The number of carboxylic acids is 1. The Bertz CT molecular complexity index is 701. The van der Waals surface area contributed by atoms with Crippen LogP contribution in [0, 0.1) is 11.8 Å². The molecule has 5 heteroatoms. The van der Waals surface area contributed by atoms with E-state index in [1.54, 1.807) is 12.2 Å². The van der Waals surface area contributed by atoms with Gasteiger partial charge in [0.05, 0.1) is 24.2 Å². The number of ether oxygens (including phenoxy) is 1. The molecule has 0 saturated carbocycles. The van der Waals surface area contributed by atoms with E-state index in [-0.39, 0.29) is 17.4 Å². The minimum absolute atomic E-state index is 0.0759. The van der Waals surface area contributed by atoms with Crippen molar-refractivity contribution in [2.45, 2.75) is 51.4 Å². The van der Waals surface area contributed by atoms with E-state index in [9.17, 15) is 14.7 Å². The number of carbonyl (C=O) groups is 2. The number of nitrogens with one attached hydrogen (secondary N) is 1. The Hall–Kier alpha value is -2.14. The van der Waals surface area contributed by atoms with Gasteiger partial charge in [-0.25, -0.2) is 0 Å². The second-order valence-electron chi connectivity index (χ2n) is 7.94. The zero-order chi connectivity index (χ0) is 18.4. The number of benzene rings is 1. The van der Waals surface area contributed by atoms with Crippen molar-refractivity contribution in [1.82, 2.24) is 5.32 Å². The van der Waals surface area contributed by atoms with Crippen molar-refractivity contribution in [3.63, 3.8) is 0 Å². The SMILES string of the molecule is C[C@@H](NC(=O)[C@H]1[C@@H](C(=O)O)[C@H]2C=C[C@@H]1O2)c1ccc(C(C)(C)C)cc1.